The fraction of sp³-hybridized carbons (Fsp3) is 0.200. The standard InChI is InChI=1S/C10H11N5O2/c1-15-3-2-9(14-15)12-5-8-7(10(16)17)4-11-6-13-8/h2-4,6H,5H2,1H3,(H,12,14)(H,16,17). The first-order chi connectivity index (χ1) is 8.16. The van der Waals surface area contributed by atoms with Gasteiger partial charge in [0.1, 0.15) is 17.7 Å². The Morgan fingerprint density at radius 3 is 3.06 bits per heavy atom. The van der Waals surface area contributed by atoms with Crippen LogP contribution in [0.3, 0.4) is 0 Å². The summed E-state index contributed by atoms with van der Waals surface area (Å²) in [6.07, 6.45) is 4.40. The van der Waals surface area contributed by atoms with E-state index >= 15 is 0 Å². The summed E-state index contributed by atoms with van der Waals surface area (Å²) in [6, 6.07) is 1.79. The highest BCUT2D eigenvalue weighted by Gasteiger charge is 2.11. The van der Waals surface area contributed by atoms with E-state index in [1.165, 1.54) is 12.5 Å². The first kappa shape index (κ1) is 11.1. The van der Waals surface area contributed by atoms with Gasteiger partial charge in [-0.15, -0.1) is 0 Å². The Labute approximate surface area is 97.1 Å². The SMILES string of the molecule is Cn1ccc(NCc2ncncc2C(=O)O)n1. The van der Waals surface area contributed by atoms with Gasteiger partial charge in [-0.3, -0.25) is 4.68 Å². The summed E-state index contributed by atoms with van der Waals surface area (Å²) in [4.78, 5) is 18.5. The molecule has 0 radical (unpaired) electrons. The summed E-state index contributed by atoms with van der Waals surface area (Å²) in [5.41, 5.74) is 0.522. The van der Waals surface area contributed by atoms with Crippen LogP contribution in [-0.2, 0) is 13.6 Å². The molecule has 0 bridgehead atoms. The molecular formula is C10H11N5O2. The van der Waals surface area contributed by atoms with Gasteiger partial charge in [0, 0.05) is 25.5 Å². The van der Waals surface area contributed by atoms with Crippen molar-refractivity contribution >= 4 is 11.8 Å². The van der Waals surface area contributed by atoms with Crippen LogP contribution in [0.15, 0.2) is 24.8 Å². The number of nitrogens with zero attached hydrogens (tertiary/aromatic N) is 4. The molecule has 0 amide bonds. The highest BCUT2D eigenvalue weighted by Crippen LogP contribution is 2.07. The van der Waals surface area contributed by atoms with Crippen molar-refractivity contribution in [3.05, 3.63) is 36.0 Å². The molecule has 0 spiro atoms. The summed E-state index contributed by atoms with van der Waals surface area (Å²) >= 11 is 0. The van der Waals surface area contributed by atoms with Crippen LogP contribution in [0.4, 0.5) is 5.82 Å². The molecule has 2 rings (SSSR count). The number of carboxylic acids is 1. The fourth-order valence-electron chi connectivity index (χ4n) is 1.36. The zero-order valence-electron chi connectivity index (χ0n) is 9.16. The van der Waals surface area contributed by atoms with Gasteiger partial charge in [-0.2, -0.15) is 5.10 Å². The lowest BCUT2D eigenvalue weighted by Gasteiger charge is -2.04. The van der Waals surface area contributed by atoms with E-state index < -0.39 is 5.97 Å². The Hall–Kier alpha value is -2.44. The average molecular weight is 233 g/mol. The predicted molar refractivity (Wildman–Crippen MR) is 59.5 cm³/mol. The molecular weight excluding hydrogens is 222 g/mol. The molecule has 7 nitrogen and oxygen atoms in total. The molecule has 0 fully saturated rings. The summed E-state index contributed by atoms with van der Waals surface area (Å²) in [7, 11) is 1.80. The average Bonchev–Trinajstić information content (AvgIpc) is 2.73. The van der Waals surface area contributed by atoms with Crippen molar-refractivity contribution in [2.24, 2.45) is 7.05 Å². The number of anilines is 1. The topological polar surface area (TPSA) is 92.9 Å². The Bertz CT molecular complexity index is 537. The minimum absolute atomic E-state index is 0.0935. The summed E-state index contributed by atoms with van der Waals surface area (Å²) < 4.78 is 1.65. The number of carbonyl (C=O) groups is 1. The molecule has 0 saturated carbocycles. The van der Waals surface area contributed by atoms with Gasteiger partial charge in [0.2, 0.25) is 0 Å². The molecule has 0 saturated heterocycles. The molecule has 0 aliphatic carbocycles. The number of hydrogen-bond donors (Lipinski definition) is 2. The first-order valence-electron chi connectivity index (χ1n) is 4.92. The highest BCUT2D eigenvalue weighted by molar-refractivity contribution is 5.88. The minimum atomic E-state index is -1.04. The number of aromatic nitrogens is 4. The number of nitrogens with one attached hydrogen (secondary N) is 1. The molecule has 2 heterocycles. The van der Waals surface area contributed by atoms with Crippen molar-refractivity contribution in [2.45, 2.75) is 6.54 Å². The Morgan fingerprint density at radius 2 is 2.41 bits per heavy atom. The maximum Gasteiger partial charge on any atom is 0.339 e. The Kier molecular flexibility index (Phi) is 2.99. The smallest absolute Gasteiger partial charge is 0.339 e. The van der Waals surface area contributed by atoms with E-state index in [-0.39, 0.29) is 5.56 Å². The van der Waals surface area contributed by atoms with Gasteiger partial charge in [-0.1, -0.05) is 0 Å². The third-order valence-corrected chi connectivity index (χ3v) is 2.18. The summed E-state index contributed by atoms with van der Waals surface area (Å²) in [5, 5.41) is 16.0. The molecule has 0 aliphatic rings. The van der Waals surface area contributed by atoms with Gasteiger partial charge in [-0.25, -0.2) is 14.8 Å². The van der Waals surface area contributed by atoms with Crippen molar-refractivity contribution in [3.8, 4) is 0 Å². The second-order valence-electron chi connectivity index (χ2n) is 3.42. The van der Waals surface area contributed by atoms with Crippen LogP contribution in [0, 0.1) is 0 Å². The van der Waals surface area contributed by atoms with Crippen molar-refractivity contribution in [1.82, 2.24) is 19.7 Å². The maximum absolute atomic E-state index is 10.9. The van der Waals surface area contributed by atoms with E-state index in [2.05, 4.69) is 20.4 Å². The van der Waals surface area contributed by atoms with Gasteiger partial charge in [-0.05, 0) is 0 Å². The molecule has 2 N–H and O–H groups in total. The van der Waals surface area contributed by atoms with Crippen LogP contribution in [-0.4, -0.2) is 30.8 Å². The maximum atomic E-state index is 10.9. The van der Waals surface area contributed by atoms with Crippen LogP contribution in [0.1, 0.15) is 16.1 Å². The number of aryl methyl sites for hydroxylation is 1. The van der Waals surface area contributed by atoms with Crippen molar-refractivity contribution in [3.63, 3.8) is 0 Å². The molecule has 0 aromatic carbocycles. The summed E-state index contributed by atoms with van der Waals surface area (Å²) in [6.45, 7) is 0.293. The molecule has 2 aromatic rings. The number of aromatic carboxylic acids is 1. The zero-order valence-corrected chi connectivity index (χ0v) is 9.16. The predicted octanol–water partition coefficient (Wildman–Crippen LogP) is 0.520. The van der Waals surface area contributed by atoms with Gasteiger partial charge < -0.3 is 10.4 Å². The molecule has 0 unspecified atom stereocenters. The van der Waals surface area contributed by atoms with Gasteiger partial charge in [0.25, 0.3) is 0 Å². The second kappa shape index (κ2) is 4.60. The number of rotatable bonds is 4. The lowest BCUT2D eigenvalue weighted by molar-refractivity contribution is 0.0694. The van der Waals surface area contributed by atoms with Crippen LogP contribution in [0.5, 0.6) is 0 Å². The van der Waals surface area contributed by atoms with E-state index in [4.69, 9.17) is 5.11 Å². The third kappa shape index (κ3) is 2.57. The van der Waals surface area contributed by atoms with Crippen LogP contribution in [0.25, 0.3) is 0 Å². The van der Waals surface area contributed by atoms with Gasteiger partial charge in [0.05, 0.1) is 12.2 Å². The van der Waals surface area contributed by atoms with Gasteiger partial charge in [0.15, 0.2) is 0 Å². The normalized spacial score (nSPS) is 10.2. The molecule has 0 aliphatic heterocycles. The molecule has 0 atom stereocenters. The molecule has 17 heavy (non-hydrogen) atoms. The monoisotopic (exact) mass is 233 g/mol. The third-order valence-electron chi connectivity index (χ3n) is 2.18. The molecule has 88 valence electrons. The summed E-state index contributed by atoms with van der Waals surface area (Å²) in [5.74, 6) is -0.370. The lowest BCUT2D eigenvalue weighted by Crippen LogP contribution is -2.10. The van der Waals surface area contributed by atoms with E-state index in [9.17, 15) is 4.79 Å². The lowest BCUT2D eigenvalue weighted by atomic mass is 10.2. The van der Waals surface area contributed by atoms with E-state index in [0.29, 0.717) is 18.1 Å². The minimum Gasteiger partial charge on any atom is -0.478 e. The first-order valence-corrected chi connectivity index (χ1v) is 4.92. The molecule has 7 heteroatoms. The Balaban J connectivity index is 2.11. The highest BCUT2D eigenvalue weighted by atomic mass is 16.4. The van der Waals surface area contributed by atoms with Crippen LogP contribution in [0.2, 0.25) is 0 Å². The van der Waals surface area contributed by atoms with Crippen LogP contribution < -0.4 is 5.32 Å². The van der Waals surface area contributed by atoms with Crippen molar-refractivity contribution < 1.29 is 9.90 Å². The Morgan fingerprint density at radius 1 is 1.59 bits per heavy atom. The fourth-order valence-corrected chi connectivity index (χ4v) is 1.36. The van der Waals surface area contributed by atoms with Crippen molar-refractivity contribution in [1.29, 1.82) is 0 Å². The molecule has 2 aromatic heterocycles. The number of hydrogen-bond acceptors (Lipinski definition) is 5. The van der Waals surface area contributed by atoms with Crippen LogP contribution >= 0.6 is 0 Å². The quantitative estimate of drug-likeness (QED) is 0.799. The van der Waals surface area contributed by atoms with E-state index in [1.54, 1.807) is 24.0 Å². The van der Waals surface area contributed by atoms with Crippen molar-refractivity contribution in [2.75, 3.05) is 5.32 Å². The van der Waals surface area contributed by atoms with Gasteiger partial charge >= 0.3 is 5.97 Å². The van der Waals surface area contributed by atoms with E-state index in [1.807, 2.05) is 0 Å². The number of carboxylic acid groups (broad SMARTS) is 1. The second-order valence-corrected chi connectivity index (χ2v) is 3.42. The zero-order chi connectivity index (χ0) is 12.3. The van der Waals surface area contributed by atoms with E-state index in [0.717, 1.165) is 0 Å². The largest absolute Gasteiger partial charge is 0.478 e.